The maximum absolute atomic E-state index is 12.2. The summed E-state index contributed by atoms with van der Waals surface area (Å²) in [4.78, 5) is 18.5. The smallest absolute Gasteiger partial charge is 0.317 e. The molecule has 130 valence electrons. The molecule has 6 nitrogen and oxygen atoms in total. The first-order valence-corrected chi connectivity index (χ1v) is 9.12. The summed E-state index contributed by atoms with van der Waals surface area (Å²) in [6.45, 7) is 5.64. The van der Waals surface area contributed by atoms with Crippen molar-refractivity contribution in [2.75, 3.05) is 26.2 Å². The Morgan fingerprint density at radius 1 is 1.48 bits per heavy atom. The van der Waals surface area contributed by atoms with Crippen molar-refractivity contribution in [1.82, 2.24) is 15.2 Å². The monoisotopic (exact) mass is 341 g/mol. The highest BCUT2D eigenvalue weighted by atomic mass is 32.1. The first kappa shape index (κ1) is 18.2. The van der Waals surface area contributed by atoms with Gasteiger partial charge in [0.05, 0.1) is 22.9 Å². The van der Waals surface area contributed by atoms with Gasteiger partial charge in [-0.25, -0.2) is 9.78 Å². The molecule has 1 aliphatic rings. The molecule has 1 aromatic heterocycles. The van der Waals surface area contributed by atoms with Crippen molar-refractivity contribution in [3.8, 4) is 0 Å². The van der Waals surface area contributed by atoms with Crippen molar-refractivity contribution in [2.45, 2.75) is 51.0 Å². The minimum Gasteiger partial charge on any atom is -0.393 e. The van der Waals surface area contributed by atoms with E-state index in [1.165, 1.54) is 0 Å². The molecule has 1 aliphatic heterocycles. The van der Waals surface area contributed by atoms with E-state index in [9.17, 15) is 15.0 Å². The predicted octanol–water partition coefficient (Wildman–Crippen LogP) is 1.73. The highest BCUT2D eigenvalue weighted by Crippen LogP contribution is 2.22. The molecule has 1 fully saturated rings. The molecule has 1 unspecified atom stereocenters. The van der Waals surface area contributed by atoms with Gasteiger partial charge in [-0.1, -0.05) is 13.8 Å². The SMILES string of the molecule is CC(C)c1nc(CCNC(=O)N2CCCC(O)(CO)CC2)cs1. The molecule has 1 aromatic rings. The number of nitrogens with zero attached hydrogens (tertiary/aromatic N) is 2. The molecule has 0 bridgehead atoms. The van der Waals surface area contributed by atoms with Gasteiger partial charge in [0.25, 0.3) is 0 Å². The van der Waals surface area contributed by atoms with E-state index in [2.05, 4.69) is 29.5 Å². The lowest BCUT2D eigenvalue weighted by molar-refractivity contribution is -0.0248. The number of hydrogen-bond donors (Lipinski definition) is 3. The summed E-state index contributed by atoms with van der Waals surface area (Å²) in [5.74, 6) is 0.436. The van der Waals surface area contributed by atoms with Crippen molar-refractivity contribution in [3.63, 3.8) is 0 Å². The van der Waals surface area contributed by atoms with Gasteiger partial charge >= 0.3 is 6.03 Å². The van der Waals surface area contributed by atoms with Gasteiger partial charge in [0, 0.05) is 37.4 Å². The van der Waals surface area contributed by atoms with Crippen LogP contribution in [0.1, 0.15) is 49.7 Å². The van der Waals surface area contributed by atoms with E-state index in [-0.39, 0.29) is 12.6 Å². The molecule has 0 spiro atoms. The summed E-state index contributed by atoms with van der Waals surface area (Å²) in [5, 5.41) is 25.4. The number of aliphatic hydroxyl groups is 2. The van der Waals surface area contributed by atoms with Crippen molar-refractivity contribution in [2.24, 2.45) is 0 Å². The second-order valence-electron chi connectivity index (χ2n) is 6.54. The molecule has 1 saturated heterocycles. The number of rotatable bonds is 5. The maximum atomic E-state index is 12.2. The van der Waals surface area contributed by atoms with Crippen molar-refractivity contribution >= 4 is 17.4 Å². The van der Waals surface area contributed by atoms with Gasteiger partial charge in [0.15, 0.2) is 0 Å². The average Bonchev–Trinajstić information content (AvgIpc) is 2.90. The Hall–Kier alpha value is -1.18. The number of carbonyl (C=O) groups excluding carboxylic acids is 1. The summed E-state index contributed by atoms with van der Waals surface area (Å²) in [6.07, 6.45) is 2.38. The fraction of sp³-hybridized carbons (Fsp3) is 0.750. The van der Waals surface area contributed by atoms with Crippen LogP contribution in [0.15, 0.2) is 5.38 Å². The van der Waals surface area contributed by atoms with Gasteiger partial charge < -0.3 is 20.4 Å². The van der Waals surface area contributed by atoms with E-state index in [1.54, 1.807) is 16.2 Å². The summed E-state index contributed by atoms with van der Waals surface area (Å²) in [7, 11) is 0. The Balaban J connectivity index is 1.76. The topological polar surface area (TPSA) is 85.7 Å². The predicted molar refractivity (Wildman–Crippen MR) is 90.8 cm³/mol. The number of amides is 2. The summed E-state index contributed by atoms with van der Waals surface area (Å²) in [6, 6.07) is -0.105. The fourth-order valence-electron chi connectivity index (χ4n) is 2.65. The summed E-state index contributed by atoms with van der Waals surface area (Å²) < 4.78 is 0. The Bertz CT molecular complexity index is 520. The highest BCUT2D eigenvalue weighted by Gasteiger charge is 2.30. The zero-order valence-corrected chi connectivity index (χ0v) is 14.7. The number of aliphatic hydroxyl groups excluding tert-OH is 1. The van der Waals surface area contributed by atoms with Crippen LogP contribution >= 0.6 is 11.3 Å². The van der Waals surface area contributed by atoms with Gasteiger partial charge in [-0.15, -0.1) is 11.3 Å². The second-order valence-corrected chi connectivity index (χ2v) is 7.43. The van der Waals surface area contributed by atoms with E-state index in [1.807, 2.05) is 0 Å². The summed E-state index contributed by atoms with van der Waals surface area (Å²) >= 11 is 1.66. The molecule has 0 saturated carbocycles. The lowest BCUT2D eigenvalue weighted by atomic mass is 9.96. The molecular weight excluding hydrogens is 314 g/mol. The van der Waals surface area contributed by atoms with Crippen LogP contribution in [0.2, 0.25) is 0 Å². The molecule has 0 aliphatic carbocycles. The van der Waals surface area contributed by atoms with E-state index in [0.717, 1.165) is 17.1 Å². The minimum absolute atomic E-state index is 0.105. The van der Waals surface area contributed by atoms with Crippen LogP contribution in [0.4, 0.5) is 4.79 Å². The Kier molecular flexibility index (Phi) is 6.38. The van der Waals surface area contributed by atoms with Crippen LogP contribution < -0.4 is 5.32 Å². The number of carbonyl (C=O) groups is 1. The van der Waals surface area contributed by atoms with Crippen LogP contribution in [0.5, 0.6) is 0 Å². The van der Waals surface area contributed by atoms with Crippen LogP contribution in [0, 0.1) is 0 Å². The molecule has 2 rings (SSSR count). The average molecular weight is 341 g/mol. The van der Waals surface area contributed by atoms with Crippen LogP contribution in [-0.2, 0) is 6.42 Å². The number of thiazole rings is 1. The first-order valence-electron chi connectivity index (χ1n) is 8.24. The molecule has 0 aromatic carbocycles. The zero-order chi connectivity index (χ0) is 16.9. The van der Waals surface area contributed by atoms with E-state index >= 15 is 0 Å². The number of urea groups is 1. The Morgan fingerprint density at radius 2 is 2.26 bits per heavy atom. The first-order chi connectivity index (χ1) is 10.9. The minimum atomic E-state index is -1.04. The lowest BCUT2D eigenvalue weighted by Crippen LogP contribution is -2.42. The quantitative estimate of drug-likeness (QED) is 0.761. The van der Waals surface area contributed by atoms with Gasteiger partial charge in [0.2, 0.25) is 0 Å². The van der Waals surface area contributed by atoms with E-state index in [4.69, 9.17) is 0 Å². The maximum Gasteiger partial charge on any atom is 0.317 e. The molecule has 0 radical (unpaired) electrons. The van der Waals surface area contributed by atoms with E-state index in [0.29, 0.717) is 44.8 Å². The lowest BCUT2D eigenvalue weighted by Gasteiger charge is -2.24. The third-order valence-electron chi connectivity index (χ3n) is 4.22. The molecule has 7 heteroatoms. The summed E-state index contributed by atoms with van der Waals surface area (Å²) in [5.41, 5.74) is -0.0207. The fourth-order valence-corrected chi connectivity index (χ4v) is 3.52. The molecule has 2 amide bonds. The van der Waals surface area contributed by atoms with Crippen LogP contribution in [0.25, 0.3) is 0 Å². The molecule has 1 atom stereocenters. The van der Waals surface area contributed by atoms with Gasteiger partial charge in [0.1, 0.15) is 0 Å². The third-order valence-corrected chi connectivity index (χ3v) is 5.41. The number of aromatic nitrogens is 1. The number of likely N-dealkylation sites (tertiary alicyclic amines) is 1. The van der Waals surface area contributed by atoms with Crippen molar-refractivity contribution < 1.29 is 15.0 Å². The molecule has 2 heterocycles. The molecular formula is C16H27N3O3S. The van der Waals surface area contributed by atoms with Crippen LogP contribution in [0.3, 0.4) is 0 Å². The van der Waals surface area contributed by atoms with Gasteiger partial charge in [-0.05, 0) is 19.3 Å². The second kappa shape index (κ2) is 8.08. The largest absolute Gasteiger partial charge is 0.393 e. The molecule has 23 heavy (non-hydrogen) atoms. The van der Waals surface area contributed by atoms with Crippen molar-refractivity contribution in [1.29, 1.82) is 0 Å². The number of hydrogen-bond acceptors (Lipinski definition) is 5. The van der Waals surface area contributed by atoms with Crippen molar-refractivity contribution in [3.05, 3.63) is 16.1 Å². The Labute approximate surface area is 141 Å². The van der Waals surface area contributed by atoms with Gasteiger partial charge in [-0.3, -0.25) is 0 Å². The zero-order valence-electron chi connectivity index (χ0n) is 13.9. The van der Waals surface area contributed by atoms with E-state index < -0.39 is 5.60 Å². The number of nitrogens with one attached hydrogen (secondary N) is 1. The molecule has 3 N–H and O–H groups in total. The Morgan fingerprint density at radius 3 is 2.91 bits per heavy atom. The third kappa shape index (κ3) is 5.16. The normalized spacial score (nSPS) is 22.2. The van der Waals surface area contributed by atoms with Crippen LogP contribution in [-0.4, -0.2) is 58.0 Å². The highest BCUT2D eigenvalue weighted by molar-refractivity contribution is 7.09. The standard InChI is InChI=1S/C16H27N3O3S/c1-12(2)14-18-13(10-23-14)4-7-17-15(21)19-8-3-5-16(22,11-20)6-9-19/h10,12,20,22H,3-9,11H2,1-2H3,(H,17,21). The van der Waals surface area contributed by atoms with Gasteiger partial charge in [-0.2, -0.15) is 0 Å².